The molecule has 0 aromatic carbocycles. The van der Waals surface area contributed by atoms with E-state index in [4.69, 9.17) is 4.74 Å². The number of ketones is 1. The van der Waals surface area contributed by atoms with Gasteiger partial charge in [0.15, 0.2) is 5.78 Å². The van der Waals surface area contributed by atoms with Crippen molar-refractivity contribution < 1.29 is 14.3 Å². The maximum Gasteiger partial charge on any atom is 0.320 e. The molecule has 0 radical (unpaired) electrons. The highest BCUT2D eigenvalue weighted by molar-refractivity contribution is 5.84. The normalized spacial score (nSPS) is 17.4. The van der Waals surface area contributed by atoms with Crippen molar-refractivity contribution >= 4 is 11.8 Å². The number of ether oxygens (including phenoxy) is 1. The lowest BCUT2D eigenvalue weighted by molar-refractivity contribution is -0.149. The van der Waals surface area contributed by atoms with E-state index in [9.17, 15) is 9.59 Å². The summed E-state index contributed by atoms with van der Waals surface area (Å²) in [5.41, 5.74) is 0. The van der Waals surface area contributed by atoms with Crippen molar-refractivity contribution in [2.45, 2.75) is 33.1 Å². The molecule has 0 amide bonds. The molecular formula is C12H21NO3. The van der Waals surface area contributed by atoms with Gasteiger partial charge in [0.05, 0.1) is 6.54 Å². The van der Waals surface area contributed by atoms with Crippen LogP contribution in [0.2, 0.25) is 0 Å². The molecule has 0 aromatic rings. The van der Waals surface area contributed by atoms with Crippen LogP contribution in [-0.4, -0.2) is 42.9 Å². The van der Waals surface area contributed by atoms with E-state index in [0.717, 1.165) is 25.9 Å². The zero-order chi connectivity index (χ0) is 12.0. The van der Waals surface area contributed by atoms with Crippen molar-refractivity contribution in [3.63, 3.8) is 0 Å². The van der Waals surface area contributed by atoms with Crippen molar-refractivity contribution in [2.24, 2.45) is 5.92 Å². The number of hydrogen-bond acceptors (Lipinski definition) is 4. The van der Waals surface area contributed by atoms with E-state index in [-0.39, 0.29) is 24.3 Å². The van der Waals surface area contributed by atoms with Gasteiger partial charge in [-0.1, -0.05) is 20.3 Å². The third kappa shape index (κ3) is 4.75. The Balaban J connectivity index is 2.17. The highest BCUT2D eigenvalue weighted by Crippen LogP contribution is 2.08. The van der Waals surface area contributed by atoms with Gasteiger partial charge in [-0.15, -0.1) is 0 Å². The summed E-state index contributed by atoms with van der Waals surface area (Å²) in [7, 11) is 0. The third-order valence-corrected chi connectivity index (χ3v) is 2.82. The fourth-order valence-corrected chi connectivity index (χ4v) is 1.66. The summed E-state index contributed by atoms with van der Waals surface area (Å²) in [6, 6.07) is 0. The SMILES string of the molecule is CC(C)C(=O)COC(=O)CN1CCCCC1. The first-order valence-electron chi connectivity index (χ1n) is 6.00. The lowest BCUT2D eigenvalue weighted by Gasteiger charge is -2.25. The van der Waals surface area contributed by atoms with Crippen molar-refractivity contribution in [2.75, 3.05) is 26.2 Å². The van der Waals surface area contributed by atoms with Gasteiger partial charge in [-0.05, 0) is 25.9 Å². The van der Waals surface area contributed by atoms with E-state index < -0.39 is 0 Å². The Labute approximate surface area is 96.9 Å². The molecule has 0 atom stereocenters. The Morgan fingerprint density at radius 3 is 2.38 bits per heavy atom. The number of esters is 1. The van der Waals surface area contributed by atoms with Crippen molar-refractivity contribution in [3.8, 4) is 0 Å². The van der Waals surface area contributed by atoms with Gasteiger partial charge in [0.2, 0.25) is 0 Å². The predicted octanol–water partition coefficient (Wildman–Crippen LogP) is 1.24. The van der Waals surface area contributed by atoms with E-state index in [0.29, 0.717) is 6.54 Å². The van der Waals surface area contributed by atoms with E-state index in [2.05, 4.69) is 4.90 Å². The molecule has 0 unspecified atom stereocenters. The van der Waals surface area contributed by atoms with Crippen molar-refractivity contribution in [1.29, 1.82) is 0 Å². The Hall–Kier alpha value is -0.900. The molecule has 92 valence electrons. The second kappa shape index (κ2) is 6.63. The summed E-state index contributed by atoms with van der Waals surface area (Å²) in [5.74, 6) is -0.370. The minimum atomic E-state index is -0.282. The Kier molecular flexibility index (Phi) is 5.46. The van der Waals surface area contributed by atoms with Gasteiger partial charge in [0.25, 0.3) is 0 Å². The molecule has 0 aliphatic carbocycles. The molecule has 1 saturated heterocycles. The number of Topliss-reactive ketones (excluding diaryl/α,β-unsaturated/α-hetero) is 1. The lowest BCUT2D eigenvalue weighted by Crippen LogP contribution is -2.35. The fourth-order valence-electron chi connectivity index (χ4n) is 1.66. The molecule has 0 spiro atoms. The van der Waals surface area contributed by atoms with Gasteiger partial charge in [-0.25, -0.2) is 0 Å². The molecule has 1 aliphatic rings. The molecule has 1 rings (SSSR count). The number of likely N-dealkylation sites (tertiary alicyclic amines) is 1. The van der Waals surface area contributed by atoms with Gasteiger partial charge in [-0.3, -0.25) is 14.5 Å². The van der Waals surface area contributed by atoms with Crippen LogP contribution >= 0.6 is 0 Å². The van der Waals surface area contributed by atoms with Crippen LogP contribution in [0.5, 0.6) is 0 Å². The number of hydrogen-bond donors (Lipinski definition) is 0. The quantitative estimate of drug-likeness (QED) is 0.663. The van der Waals surface area contributed by atoms with E-state index in [1.54, 1.807) is 13.8 Å². The molecule has 4 heteroatoms. The summed E-state index contributed by atoms with van der Waals surface area (Å²) in [6.45, 7) is 5.79. The number of nitrogens with zero attached hydrogens (tertiary/aromatic N) is 1. The minimum absolute atomic E-state index is 0.0213. The van der Waals surface area contributed by atoms with Crippen LogP contribution in [0.1, 0.15) is 33.1 Å². The van der Waals surface area contributed by atoms with Crippen LogP contribution < -0.4 is 0 Å². The zero-order valence-electron chi connectivity index (χ0n) is 10.2. The molecule has 16 heavy (non-hydrogen) atoms. The number of piperidine rings is 1. The highest BCUT2D eigenvalue weighted by Gasteiger charge is 2.16. The van der Waals surface area contributed by atoms with Crippen LogP contribution in [0.3, 0.4) is 0 Å². The highest BCUT2D eigenvalue weighted by atomic mass is 16.5. The molecule has 0 saturated carbocycles. The standard InChI is InChI=1S/C12H21NO3/c1-10(2)11(14)9-16-12(15)8-13-6-4-3-5-7-13/h10H,3-9H2,1-2H3. The number of rotatable bonds is 5. The average molecular weight is 227 g/mol. The zero-order valence-corrected chi connectivity index (χ0v) is 10.2. The molecule has 0 N–H and O–H groups in total. The second-order valence-electron chi connectivity index (χ2n) is 4.62. The number of carbonyl (C=O) groups excluding carboxylic acids is 2. The van der Waals surface area contributed by atoms with Gasteiger partial charge in [0, 0.05) is 5.92 Å². The van der Waals surface area contributed by atoms with Crippen molar-refractivity contribution in [3.05, 3.63) is 0 Å². The minimum Gasteiger partial charge on any atom is -0.457 e. The monoisotopic (exact) mass is 227 g/mol. The largest absolute Gasteiger partial charge is 0.457 e. The Morgan fingerprint density at radius 2 is 1.81 bits per heavy atom. The smallest absolute Gasteiger partial charge is 0.320 e. The predicted molar refractivity (Wildman–Crippen MR) is 61.1 cm³/mol. The molecule has 1 heterocycles. The molecule has 0 aromatic heterocycles. The lowest BCUT2D eigenvalue weighted by atomic mass is 10.1. The summed E-state index contributed by atoms with van der Waals surface area (Å²) >= 11 is 0. The molecule has 0 bridgehead atoms. The Bertz CT molecular complexity index is 245. The first kappa shape index (κ1) is 13.2. The van der Waals surface area contributed by atoms with Crippen molar-refractivity contribution in [1.82, 2.24) is 4.90 Å². The van der Waals surface area contributed by atoms with Crippen LogP contribution in [-0.2, 0) is 14.3 Å². The molecule has 4 nitrogen and oxygen atoms in total. The number of carbonyl (C=O) groups is 2. The molecule has 1 fully saturated rings. The van der Waals surface area contributed by atoms with E-state index >= 15 is 0 Å². The van der Waals surface area contributed by atoms with Crippen LogP contribution in [0.25, 0.3) is 0 Å². The van der Waals surface area contributed by atoms with Gasteiger partial charge in [0.1, 0.15) is 6.61 Å². The maximum atomic E-state index is 11.4. The van der Waals surface area contributed by atoms with E-state index in [1.807, 2.05) is 0 Å². The van der Waals surface area contributed by atoms with Gasteiger partial charge < -0.3 is 4.74 Å². The second-order valence-corrected chi connectivity index (χ2v) is 4.62. The summed E-state index contributed by atoms with van der Waals surface area (Å²) in [4.78, 5) is 24.8. The van der Waals surface area contributed by atoms with Gasteiger partial charge >= 0.3 is 5.97 Å². The Morgan fingerprint density at radius 1 is 1.19 bits per heavy atom. The summed E-state index contributed by atoms with van der Waals surface area (Å²) in [6.07, 6.45) is 3.55. The fraction of sp³-hybridized carbons (Fsp3) is 0.833. The third-order valence-electron chi connectivity index (χ3n) is 2.82. The van der Waals surface area contributed by atoms with E-state index in [1.165, 1.54) is 6.42 Å². The molecular weight excluding hydrogens is 206 g/mol. The average Bonchev–Trinajstić information content (AvgIpc) is 2.27. The maximum absolute atomic E-state index is 11.4. The first-order valence-corrected chi connectivity index (χ1v) is 6.00. The van der Waals surface area contributed by atoms with Gasteiger partial charge in [-0.2, -0.15) is 0 Å². The molecule has 1 aliphatic heterocycles. The topological polar surface area (TPSA) is 46.6 Å². The first-order chi connectivity index (χ1) is 7.59. The van der Waals surface area contributed by atoms with Crippen LogP contribution in [0, 0.1) is 5.92 Å². The summed E-state index contributed by atoms with van der Waals surface area (Å²) in [5, 5.41) is 0. The summed E-state index contributed by atoms with van der Waals surface area (Å²) < 4.78 is 4.94. The van der Waals surface area contributed by atoms with Crippen LogP contribution in [0.15, 0.2) is 0 Å². The van der Waals surface area contributed by atoms with Crippen LogP contribution in [0.4, 0.5) is 0 Å².